The van der Waals surface area contributed by atoms with E-state index >= 15 is 0 Å². The Labute approximate surface area is 86.4 Å². The first kappa shape index (κ1) is 9.48. The van der Waals surface area contributed by atoms with Crippen molar-refractivity contribution < 1.29 is 8.42 Å². The quantitative estimate of drug-likeness (QED) is 0.855. The van der Waals surface area contributed by atoms with E-state index in [9.17, 15) is 8.42 Å². The zero-order valence-electron chi connectivity index (χ0n) is 7.52. The van der Waals surface area contributed by atoms with Crippen molar-refractivity contribution in [3.8, 4) is 0 Å². The molecule has 0 saturated carbocycles. The molecule has 1 aromatic carbocycles. The summed E-state index contributed by atoms with van der Waals surface area (Å²) >= 11 is 1.59. The van der Waals surface area contributed by atoms with Crippen molar-refractivity contribution in [2.24, 2.45) is 0 Å². The summed E-state index contributed by atoms with van der Waals surface area (Å²) in [5.41, 5.74) is 0.645. The van der Waals surface area contributed by atoms with Crippen LogP contribution in [0.25, 0.3) is 10.1 Å². The van der Waals surface area contributed by atoms with Crippen LogP contribution in [0, 0.1) is 0 Å². The van der Waals surface area contributed by atoms with Gasteiger partial charge < -0.3 is 0 Å². The maximum atomic E-state index is 11.1. The summed E-state index contributed by atoms with van der Waals surface area (Å²) in [6.45, 7) is 0. The van der Waals surface area contributed by atoms with Gasteiger partial charge in [-0.3, -0.25) is 4.72 Å². The Kier molecular flexibility index (Phi) is 2.20. The van der Waals surface area contributed by atoms with Gasteiger partial charge in [0.05, 0.1) is 11.9 Å². The van der Waals surface area contributed by atoms with Gasteiger partial charge in [0.25, 0.3) is 0 Å². The Morgan fingerprint density at radius 1 is 1.29 bits per heavy atom. The van der Waals surface area contributed by atoms with Crippen LogP contribution in [-0.2, 0) is 10.0 Å². The first-order valence-corrected chi connectivity index (χ1v) is 6.77. The largest absolute Gasteiger partial charge is 0.283 e. The van der Waals surface area contributed by atoms with E-state index in [0.717, 1.165) is 16.3 Å². The number of benzene rings is 1. The predicted octanol–water partition coefficient (Wildman–Crippen LogP) is 2.27. The molecule has 74 valence electrons. The molecule has 0 aliphatic carbocycles. The monoisotopic (exact) mass is 227 g/mol. The molecule has 0 bridgehead atoms. The second-order valence-electron chi connectivity index (χ2n) is 3.01. The average molecular weight is 227 g/mol. The minimum atomic E-state index is -3.19. The van der Waals surface area contributed by atoms with Gasteiger partial charge in [-0.05, 0) is 23.6 Å². The third-order valence-corrected chi connectivity index (χ3v) is 3.26. The summed E-state index contributed by atoms with van der Waals surface area (Å²) in [6.07, 6.45) is 1.15. The van der Waals surface area contributed by atoms with E-state index in [1.807, 2.05) is 23.6 Å². The van der Waals surface area contributed by atoms with Gasteiger partial charge in [-0.1, -0.05) is 6.07 Å². The number of hydrogen-bond donors (Lipinski definition) is 1. The molecule has 0 unspecified atom stereocenters. The van der Waals surface area contributed by atoms with Crippen LogP contribution in [0.1, 0.15) is 0 Å². The molecule has 0 fully saturated rings. The maximum absolute atomic E-state index is 11.1. The summed E-state index contributed by atoms with van der Waals surface area (Å²) in [5, 5.41) is 2.89. The molecule has 0 aliphatic rings. The molecule has 0 saturated heterocycles. The summed E-state index contributed by atoms with van der Waals surface area (Å²) < 4.78 is 25.7. The van der Waals surface area contributed by atoms with Gasteiger partial charge in [-0.15, -0.1) is 11.3 Å². The Morgan fingerprint density at radius 2 is 2.07 bits per heavy atom. The number of nitrogens with one attached hydrogen (secondary N) is 1. The van der Waals surface area contributed by atoms with Crippen LogP contribution in [0.3, 0.4) is 0 Å². The number of fused-ring (bicyclic) bond motifs is 1. The van der Waals surface area contributed by atoms with Crippen molar-refractivity contribution in [3.05, 3.63) is 29.6 Å². The number of hydrogen-bond acceptors (Lipinski definition) is 3. The first-order valence-electron chi connectivity index (χ1n) is 4.00. The molecule has 0 radical (unpaired) electrons. The molecule has 2 rings (SSSR count). The zero-order chi connectivity index (χ0) is 10.2. The molecule has 0 spiro atoms. The normalized spacial score (nSPS) is 11.8. The van der Waals surface area contributed by atoms with Crippen LogP contribution in [0.5, 0.6) is 0 Å². The topological polar surface area (TPSA) is 46.2 Å². The molecule has 1 N–H and O–H groups in total. The Bertz CT molecular complexity index is 557. The predicted molar refractivity (Wildman–Crippen MR) is 60.3 cm³/mol. The highest BCUT2D eigenvalue weighted by atomic mass is 32.2. The lowest BCUT2D eigenvalue weighted by Crippen LogP contribution is -2.09. The van der Waals surface area contributed by atoms with E-state index in [1.54, 1.807) is 17.4 Å². The maximum Gasteiger partial charge on any atom is 0.229 e. The van der Waals surface area contributed by atoms with Crippen molar-refractivity contribution in [2.45, 2.75) is 0 Å². The average Bonchev–Trinajstić information content (AvgIpc) is 2.49. The van der Waals surface area contributed by atoms with Gasteiger partial charge in [0.2, 0.25) is 10.0 Å². The fourth-order valence-corrected chi connectivity index (χ4v) is 2.67. The van der Waals surface area contributed by atoms with Crippen LogP contribution in [0.4, 0.5) is 5.69 Å². The van der Waals surface area contributed by atoms with E-state index in [0.29, 0.717) is 5.69 Å². The van der Waals surface area contributed by atoms with E-state index in [4.69, 9.17) is 0 Å². The van der Waals surface area contributed by atoms with Gasteiger partial charge in [-0.2, -0.15) is 0 Å². The van der Waals surface area contributed by atoms with Gasteiger partial charge >= 0.3 is 0 Å². The molecule has 3 nitrogen and oxygen atoms in total. The standard InChI is InChI=1S/C9H9NO2S2/c1-14(11,12)10-8-3-2-4-9-7(8)5-6-13-9/h2-6,10H,1H3. The Morgan fingerprint density at radius 3 is 2.79 bits per heavy atom. The lowest BCUT2D eigenvalue weighted by atomic mass is 10.2. The summed E-state index contributed by atoms with van der Waals surface area (Å²) in [5.74, 6) is 0. The van der Waals surface area contributed by atoms with E-state index in [-0.39, 0.29) is 0 Å². The van der Waals surface area contributed by atoms with Gasteiger partial charge in [0.1, 0.15) is 0 Å². The van der Waals surface area contributed by atoms with Crippen molar-refractivity contribution in [3.63, 3.8) is 0 Å². The van der Waals surface area contributed by atoms with Crippen LogP contribution in [-0.4, -0.2) is 14.7 Å². The third-order valence-electron chi connectivity index (χ3n) is 1.79. The lowest BCUT2D eigenvalue weighted by Gasteiger charge is -2.04. The molecule has 0 atom stereocenters. The highest BCUT2D eigenvalue weighted by Gasteiger charge is 2.05. The number of thiophene rings is 1. The van der Waals surface area contributed by atoms with Crippen molar-refractivity contribution in [2.75, 3.05) is 11.0 Å². The zero-order valence-corrected chi connectivity index (χ0v) is 9.15. The van der Waals surface area contributed by atoms with Gasteiger partial charge in [0, 0.05) is 10.1 Å². The summed E-state index contributed by atoms with van der Waals surface area (Å²) in [4.78, 5) is 0. The highest BCUT2D eigenvalue weighted by molar-refractivity contribution is 7.92. The molecule has 0 amide bonds. The van der Waals surface area contributed by atoms with Crippen molar-refractivity contribution in [1.82, 2.24) is 0 Å². The SMILES string of the molecule is CS(=O)(=O)Nc1cccc2sccc12. The van der Waals surface area contributed by atoms with Gasteiger partial charge in [-0.25, -0.2) is 8.42 Å². The summed E-state index contributed by atoms with van der Waals surface area (Å²) in [6, 6.07) is 7.48. The molecular formula is C9H9NO2S2. The number of sulfonamides is 1. The van der Waals surface area contributed by atoms with E-state index in [2.05, 4.69) is 4.72 Å². The van der Waals surface area contributed by atoms with Crippen LogP contribution >= 0.6 is 11.3 Å². The minimum absolute atomic E-state index is 0.645. The number of anilines is 1. The third kappa shape index (κ3) is 1.88. The smallest absolute Gasteiger partial charge is 0.229 e. The van der Waals surface area contributed by atoms with E-state index in [1.165, 1.54) is 0 Å². The Balaban J connectivity index is 2.57. The number of rotatable bonds is 2. The highest BCUT2D eigenvalue weighted by Crippen LogP contribution is 2.27. The van der Waals surface area contributed by atoms with Gasteiger partial charge in [0.15, 0.2) is 0 Å². The first-order chi connectivity index (χ1) is 6.56. The molecule has 0 aliphatic heterocycles. The molecule has 5 heteroatoms. The second-order valence-corrected chi connectivity index (χ2v) is 5.71. The molecular weight excluding hydrogens is 218 g/mol. The Hall–Kier alpha value is -1.07. The van der Waals surface area contributed by atoms with E-state index < -0.39 is 10.0 Å². The van der Waals surface area contributed by atoms with Crippen LogP contribution in [0.2, 0.25) is 0 Å². The fraction of sp³-hybridized carbons (Fsp3) is 0.111. The van der Waals surface area contributed by atoms with Crippen LogP contribution in [0.15, 0.2) is 29.6 Å². The van der Waals surface area contributed by atoms with Crippen LogP contribution < -0.4 is 4.72 Å². The summed E-state index contributed by atoms with van der Waals surface area (Å²) in [7, 11) is -3.19. The molecule has 14 heavy (non-hydrogen) atoms. The lowest BCUT2D eigenvalue weighted by molar-refractivity contribution is 0.607. The molecule has 1 aromatic heterocycles. The van der Waals surface area contributed by atoms with Crippen molar-refractivity contribution >= 4 is 37.1 Å². The second kappa shape index (κ2) is 3.25. The molecule has 2 aromatic rings. The minimum Gasteiger partial charge on any atom is -0.283 e. The van der Waals surface area contributed by atoms with Crippen molar-refractivity contribution in [1.29, 1.82) is 0 Å². The molecule has 1 heterocycles. The fourth-order valence-electron chi connectivity index (χ4n) is 1.28.